The molecule has 8 rings (SSSR count). The van der Waals surface area contributed by atoms with Gasteiger partial charge in [-0.15, -0.1) is 0 Å². The van der Waals surface area contributed by atoms with Crippen molar-refractivity contribution in [3.8, 4) is 17.2 Å². The van der Waals surface area contributed by atoms with Crippen molar-refractivity contribution in [1.29, 1.82) is 0 Å². The molecule has 0 radical (unpaired) electrons. The quantitative estimate of drug-likeness (QED) is 0.134. The third kappa shape index (κ3) is 7.03. The van der Waals surface area contributed by atoms with Gasteiger partial charge in [-0.25, -0.2) is 9.97 Å². The molecule has 0 bridgehead atoms. The van der Waals surface area contributed by atoms with Gasteiger partial charge in [0.05, 0.1) is 45.1 Å². The third-order valence-corrected chi connectivity index (χ3v) is 8.48. The van der Waals surface area contributed by atoms with Crippen molar-refractivity contribution >= 4 is 78.3 Å². The number of carbonyl (C=O) groups excluding carboxylic acids is 1. The maximum Gasteiger partial charge on any atom is 0.221 e. The summed E-state index contributed by atoms with van der Waals surface area (Å²) >= 11 is 6.33. The van der Waals surface area contributed by atoms with E-state index in [1.807, 2.05) is 95.8 Å². The van der Waals surface area contributed by atoms with Gasteiger partial charge in [-0.2, -0.15) is 10.2 Å². The first-order chi connectivity index (χ1) is 24.8. The minimum Gasteiger partial charge on any atom is -0.497 e. The summed E-state index contributed by atoms with van der Waals surface area (Å²) in [6.07, 6.45) is 3.77. The molecule has 0 spiro atoms. The number of benzene rings is 4. The number of rotatable bonds is 8. The molecule has 13 heteroatoms. The fourth-order valence-electron chi connectivity index (χ4n) is 5.79. The lowest BCUT2D eigenvalue weighted by molar-refractivity contribution is -0.114. The van der Waals surface area contributed by atoms with Crippen molar-refractivity contribution in [2.75, 3.05) is 32.0 Å². The molecule has 0 saturated carbocycles. The predicted octanol–water partition coefficient (Wildman–Crippen LogP) is 8.13. The standard InChI is InChI=1S/C19H16ClN3O2.C19H17N5O2/c1-24-13-5-3-12(4-6-13)10-23-11-16-15-9-14(25-2)7-8-17(15)21-19(20)18(16)22-23;1-11(25)21-12-4-3-5-13(8-12)22-19-18-16(10-20-24-18)15-9-14(26-2)6-7-17(15)23-19/h3-9,11H,10H2,1-2H3;3-10H,1-2H3,(H,20,24)(H,21,25)(H,22,23). The SMILES string of the molecule is COc1ccc(Cn2cc3c(n2)c(Cl)nc2ccc(OC)cc23)cc1.COc1ccc2nc(Nc3cccc(NC(C)=O)c3)c3[nH]ncc3c2c1. The smallest absolute Gasteiger partial charge is 0.221 e. The van der Waals surface area contributed by atoms with E-state index in [9.17, 15) is 4.79 Å². The van der Waals surface area contributed by atoms with Crippen LogP contribution in [0.4, 0.5) is 17.2 Å². The van der Waals surface area contributed by atoms with E-state index >= 15 is 0 Å². The van der Waals surface area contributed by atoms with Crippen molar-refractivity contribution < 1.29 is 19.0 Å². The highest BCUT2D eigenvalue weighted by atomic mass is 35.5. The number of H-pyrrole nitrogens is 1. The molecule has 0 aliphatic heterocycles. The van der Waals surface area contributed by atoms with E-state index in [-0.39, 0.29) is 5.91 Å². The maximum atomic E-state index is 11.3. The molecule has 4 aromatic carbocycles. The van der Waals surface area contributed by atoms with Crippen molar-refractivity contribution in [1.82, 2.24) is 29.9 Å². The summed E-state index contributed by atoms with van der Waals surface area (Å²) in [5.74, 6) is 2.93. The highest BCUT2D eigenvalue weighted by Crippen LogP contribution is 2.33. The lowest BCUT2D eigenvalue weighted by Crippen LogP contribution is -2.06. The molecule has 4 heterocycles. The van der Waals surface area contributed by atoms with Crippen LogP contribution in [0.3, 0.4) is 0 Å². The lowest BCUT2D eigenvalue weighted by atomic mass is 10.1. The summed E-state index contributed by atoms with van der Waals surface area (Å²) in [6.45, 7) is 2.12. The molecule has 256 valence electrons. The lowest BCUT2D eigenvalue weighted by Gasteiger charge is -2.11. The van der Waals surface area contributed by atoms with Crippen LogP contribution in [-0.4, -0.2) is 57.2 Å². The second kappa shape index (κ2) is 14.2. The molecule has 12 nitrogen and oxygen atoms in total. The molecule has 3 N–H and O–H groups in total. The van der Waals surface area contributed by atoms with Crippen LogP contribution in [0.2, 0.25) is 5.15 Å². The maximum absolute atomic E-state index is 11.3. The van der Waals surface area contributed by atoms with Crippen LogP contribution < -0.4 is 24.8 Å². The number of aromatic nitrogens is 6. The van der Waals surface area contributed by atoms with Crippen LogP contribution in [0.1, 0.15) is 12.5 Å². The Balaban J connectivity index is 0.000000159. The highest BCUT2D eigenvalue weighted by molar-refractivity contribution is 6.35. The zero-order chi connectivity index (χ0) is 35.5. The number of halogens is 1. The van der Waals surface area contributed by atoms with Gasteiger partial charge in [0.1, 0.15) is 28.3 Å². The van der Waals surface area contributed by atoms with Crippen LogP contribution >= 0.6 is 11.6 Å². The number of anilines is 3. The first-order valence-electron chi connectivity index (χ1n) is 15.9. The summed E-state index contributed by atoms with van der Waals surface area (Å²) in [5.41, 5.74) is 5.80. The molecule has 0 saturated heterocycles. The van der Waals surface area contributed by atoms with Gasteiger partial charge in [0.2, 0.25) is 5.91 Å². The Kier molecular flexibility index (Phi) is 9.23. The summed E-state index contributed by atoms with van der Waals surface area (Å²) in [4.78, 5) is 20.4. The number of aromatic amines is 1. The number of nitrogens with zero attached hydrogens (tertiary/aromatic N) is 5. The van der Waals surface area contributed by atoms with Gasteiger partial charge in [0.15, 0.2) is 11.0 Å². The van der Waals surface area contributed by atoms with Gasteiger partial charge >= 0.3 is 0 Å². The van der Waals surface area contributed by atoms with Gasteiger partial charge in [0.25, 0.3) is 0 Å². The van der Waals surface area contributed by atoms with Gasteiger partial charge in [-0.3, -0.25) is 14.6 Å². The van der Waals surface area contributed by atoms with Crippen LogP contribution in [0.25, 0.3) is 43.6 Å². The minimum atomic E-state index is -0.115. The predicted molar refractivity (Wildman–Crippen MR) is 201 cm³/mol. The van der Waals surface area contributed by atoms with Crippen LogP contribution in [0.5, 0.6) is 17.2 Å². The second-order valence-corrected chi connectivity index (χ2v) is 12.0. The molecule has 51 heavy (non-hydrogen) atoms. The number of amides is 1. The average Bonchev–Trinajstić information content (AvgIpc) is 3.81. The number of nitrogens with one attached hydrogen (secondary N) is 3. The number of pyridine rings is 2. The van der Waals surface area contributed by atoms with E-state index in [4.69, 9.17) is 30.8 Å². The van der Waals surface area contributed by atoms with Crippen molar-refractivity contribution in [2.45, 2.75) is 13.5 Å². The Hall–Kier alpha value is -6.40. The van der Waals surface area contributed by atoms with E-state index in [1.165, 1.54) is 6.92 Å². The van der Waals surface area contributed by atoms with Gasteiger partial charge in [0, 0.05) is 46.0 Å². The molecule has 0 aliphatic carbocycles. The Bertz CT molecular complexity index is 2530. The number of fused-ring (bicyclic) bond motifs is 6. The topological polar surface area (TPSA) is 141 Å². The summed E-state index contributed by atoms with van der Waals surface area (Å²) in [5, 5.41) is 22.1. The Morgan fingerprint density at radius 2 is 1.43 bits per heavy atom. The van der Waals surface area contributed by atoms with Gasteiger partial charge < -0.3 is 24.8 Å². The summed E-state index contributed by atoms with van der Waals surface area (Å²) < 4.78 is 17.7. The molecular weight excluding hydrogens is 668 g/mol. The molecule has 0 unspecified atom stereocenters. The van der Waals surface area contributed by atoms with Gasteiger partial charge in [-0.1, -0.05) is 29.8 Å². The average molecular weight is 701 g/mol. The highest BCUT2D eigenvalue weighted by Gasteiger charge is 2.14. The third-order valence-electron chi connectivity index (χ3n) is 8.22. The summed E-state index contributed by atoms with van der Waals surface area (Å²) in [6, 6.07) is 26.8. The monoisotopic (exact) mass is 700 g/mol. The van der Waals surface area contributed by atoms with Crippen molar-refractivity contribution in [3.05, 3.63) is 108 Å². The Morgan fingerprint density at radius 3 is 2.12 bits per heavy atom. The van der Waals surface area contributed by atoms with Crippen molar-refractivity contribution in [2.24, 2.45) is 0 Å². The minimum absolute atomic E-state index is 0.115. The Morgan fingerprint density at radius 1 is 0.784 bits per heavy atom. The number of hydrogen-bond acceptors (Lipinski definition) is 9. The van der Waals surface area contributed by atoms with E-state index in [2.05, 4.69) is 30.9 Å². The number of methoxy groups -OCH3 is 3. The van der Waals surface area contributed by atoms with Gasteiger partial charge in [-0.05, 0) is 72.3 Å². The zero-order valence-electron chi connectivity index (χ0n) is 28.2. The largest absolute Gasteiger partial charge is 0.497 e. The number of hydrogen-bond donors (Lipinski definition) is 3. The molecule has 4 aromatic heterocycles. The first kappa shape index (κ1) is 33.1. The van der Waals surface area contributed by atoms with Crippen molar-refractivity contribution in [3.63, 3.8) is 0 Å². The van der Waals surface area contributed by atoms with Crippen LogP contribution in [-0.2, 0) is 11.3 Å². The molecule has 8 aromatic rings. The number of ether oxygens (including phenoxy) is 3. The van der Waals surface area contributed by atoms with E-state index in [1.54, 1.807) is 27.5 Å². The fourth-order valence-corrected chi connectivity index (χ4v) is 6.02. The number of carbonyl (C=O) groups is 1. The molecule has 0 fully saturated rings. The molecular formula is C38H33ClN8O4. The van der Waals surface area contributed by atoms with Crippen LogP contribution in [0, 0.1) is 0 Å². The van der Waals surface area contributed by atoms with E-state index in [0.29, 0.717) is 28.7 Å². The second-order valence-electron chi connectivity index (χ2n) is 11.6. The molecule has 1 amide bonds. The molecule has 0 atom stereocenters. The normalized spacial score (nSPS) is 11.0. The summed E-state index contributed by atoms with van der Waals surface area (Å²) in [7, 11) is 4.94. The van der Waals surface area contributed by atoms with Crippen LogP contribution in [0.15, 0.2) is 97.3 Å². The Labute approximate surface area is 297 Å². The zero-order valence-corrected chi connectivity index (χ0v) is 28.9. The van der Waals surface area contributed by atoms with E-state index in [0.717, 1.165) is 66.6 Å². The molecule has 0 aliphatic rings. The fraction of sp³-hybridized carbons (Fsp3) is 0.132. The van der Waals surface area contributed by atoms with E-state index < -0.39 is 0 Å². The first-order valence-corrected chi connectivity index (χ1v) is 16.3.